The monoisotopic (exact) mass is 236 g/mol. The number of rotatable bonds is 10. The van der Waals surface area contributed by atoms with Gasteiger partial charge in [-0.3, -0.25) is 0 Å². The van der Waals surface area contributed by atoms with E-state index in [-0.39, 0.29) is 53.8 Å². The van der Waals surface area contributed by atoms with Crippen LogP contribution >= 0.6 is 0 Å². The third-order valence-electron chi connectivity index (χ3n) is 1.22. The summed E-state index contributed by atoms with van der Waals surface area (Å²) in [5.41, 5.74) is 0. The van der Waals surface area contributed by atoms with Crippen molar-refractivity contribution in [1.82, 2.24) is 0 Å². The van der Waals surface area contributed by atoms with Crippen LogP contribution in [0, 0.1) is 0 Å². The van der Waals surface area contributed by atoms with Crippen molar-refractivity contribution in [2.75, 3.05) is 52.9 Å². The zero-order valence-electron chi connectivity index (χ0n) is 10.5. The van der Waals surface area contributed by atoms with E-state index in [9.17, 15) is 0 Å². The van der Waals surface area contributed by atoms with Crippen LogP contribution in [0.3, 0.4) is 0 Å². The maximum absolute atomic E-state index is 8.36. The Balaban J connectivity index is -0.000000240. The maximum atomic E-state index is 8.36. The van der Waals surface area contributed by atoms with Crippen LogP contribution in [0.5, 0.6) is 0 Å². The Morgan fingerprint density at radius 2 is 0.929 bits per heavy atom. The Morgan fingerprint density at radius 3 is 1.21 bits per heavy atom. The van der Waals surface area contributed by atoms with Crippen LogP contribution in [0.15, 0.2) is 0 Å². The zero-order chi connectivity index (χ0) is 9.78. The standard InChI is InChI=1S/C8H18O5.Ca.2H/c9-1-3-11-5-7-13-8-6-12-4-2-10;;;/h9-10H,1-8H2;;;/q;+2;2*-1. The van der Waals surface area contributed by atoms with E-state index in [1.165, 1.54) is 0 Å². The second-order valence-electron chi connectivity index (χ2n) is 2.28. The molecule has 0 aromatic heterocycles. The topological polar surface area (TPSA) is 68.2 Å². The van der Waals surface area contributed by atoms with Gasteiger partial charge in [-0.25, -0.2) is 0 Å². The first-order valence-corrected chi connectivity index (χ1v) is 4.36. The number of hydrogen-bond donors (Lipinski definition) is 2. The molecule has 2 N–H and O–H groups in total. The summed E-state index contributed by atoms with van der Waals surface area (Å²) < 4.78 is 15.0. The van der Waals surface area contributed by atoms with Crippen LogP contribution in [-0.4, -0.2) is 101 Å². The van der Waals surface area contributed by atoms with Crippen LogP contribution in [0.4, 0.5) is 0 Å². The van der Waals surface area contributed by atoms with Crippen LogP contribution in [-0.2, 0) is 14.2 Å². The number of ether oxygens (including phenoxy) is 3. The first kappa shape index (κ1) is 17.5. The molecular formula is C8H20CaO5. The molecule has 0 unspecified atom stereocenters. The molecule has 14 heavy (non-hydrogen) atoms. The van der Waals surface area contributed by atoms with Gasteiger partial charge in [0.1, 0.15) is 0 Å². The van der Waals surface area contributed by atoms with Gasteiger partial charge in [-0.1, -0.05) is 0 Å². The van der Waals surface area contributed by atoms with Crippen molar-refractivity contribution in [2.45, 2.75) is 0 Å². The minimum absolute atomic E-state index is 0. The first-order chi connectivity index (χ1) is 6.41. The van der Waals surface area contributed by atoms with Gasteiger partial charge in [-0.2, -0.15) is 0 Å². The summed E-state index contributed by atoms with van der Waals surface area (Å²) in [5.74, 6) is 0. The second-order valence-corrected chi connectivity index (χ2v) is 2.28. The summed E-state index contributed by atoms with van der Waals surface area (Å²) in [7, 11) is 0. The molecule has 0 heterocycles. The van der Waals surface area contributed by atoms with Gasteiger partial charge in [0.15, 0.2) is 0 Å². The van der Waals surface area contributed by atoms with Crippen LogP contribution < -0.4 is 0 Å². The number of hydrogen-bond acceptors (Lipinski definition) is 5. The largest absolute Gasteiger partial charge is 2.00 e. The Labute approximate surface area is 117 Å². The molecule has 84 valence electrons. The molecule has 0 saturated heterocycles. The van der Waals surface area contributed by atoms with Gasteiger partial charge in [-0.05, 0) is 0 Å². The molecule has 5 nitrogen and oxygen atoms in total. The molecule has 0 aliphatic heterocycles. The van der Waals surface area contributed by atoms with Crippen LogP contribution in [0.2, 0.25) is 0 Å². The summed E-state index contributed by atoms with van der Waals surface area (Å²) in [5, 5.41) is 16.7. The minimum atomic E-state index is 0. The van der Waals surface area contributed by atoms with Crippen molar-refractivity contribution >= 4 is 37.7 Å². The maximum Gasteiger partial charge on any atom is 2.00 e. The van der Waals surface area contributed by atoms with E-state index >= 15 is 0 Å². The third-order valence-corrected chi connectivity index (χ3v) is 1.22. The summed E-state index contributed by atoms with van der Waals surface area (Å²) in [6, 6.07) is 0. The van der Waals surface area contributed by atoms with Gasteiger partial charge in [0.05, 0.1) is 52.9 Å². The Hall–Kier alpha value is 1.06. The quantitative estimate of drug-likeness (QED) is 0.371. The van der Waals surface area contributed by atoms with E-state index < -0.39 is 0 Å². The Morgan fingerprint density at radius 1 is 0.643 bits per heavy atom. The van der Waals surface area contributed by atoms with E-state index in [1.807, 2.05) is 0 Å². The van der Waals surface area contributed by atoms with Gasteiger partial charge < -0.3 is 27.3 Å². The molecule has 0 saturated carbocycles. The van der Waals surface area contributed by atoms with E-state index in [0.717, 1.165) is 0 Å². The molecule has 0 aromatic carbocycles. The van der Waals surface area contributed by atoms with Crippen molar-refractivity contribution in [3.63, 3.8) is 0 Å². The Bertz CT molecular complexity index is 92.5. The summed E-state index contributed by atoms with van der Waals surface area (Å²) >= 11 is 0. The van der Waals surface area contributed by atoms with E-state index in [0.29, 0.717) is 39.6 Å². The number of aliphatic hydroxyl groups is 2. The first-order valence-electron chi connectivity index (χ1n) is 4.36. The zero-order valence-corrected chi connectivity index (χ0v) is 10.7. The van der Waals surface area contributed by atoms with E-state index in [4.69, 9.17) is 24.4 Å². The fourth-order valence-corrected chi connectivity index (χ4v) is 0.671. The second kappa shape index (κ2) is 16.5. The molecule has 0 radical (unpaired) electrons. The van der Waals surface area contributed by atoms with Gasteiger partial charge in [0.25, 0.3) is 0 Å². The van der Waals surface area contributed by atoms with Crippen molar-refractivity contribution in [3.05, 3.63) is 0 Å². The summed E-state index contributed by atoms with van der Waals surface area (Å²) in [6.07, 6.45) is 0. The van der Waals surface area contributed by atoms with E-state index in [1.54, 1.807) is 0 Å². The van der Waals surface area contributed by atoms with Gasteiger partial charge in [0.2, 0.25) is 0 Å². The normalized spacial score (nSPS) is 9.86. The van der Waals surface area contributed by atoms with Crippen LogP contribution in [0.25, 0.3) is 0 Å². The average molecular weight is 236 g/mol. The fraction of sp³-hybridized carbons (Fsp3) is 1.00. The molecule has 0 aromatic rings. The number of aliphatic hydroxyl groups excluding tert-OH is 2. The minimum Gasteiger partial charge on any atom is -1.00 e. The predicted molar refractivity (Wildman–Crippen MR) is 54.6 cm³/mol. The molecule has 0 aliphatic carbocycles. The summed E-state index contributed by atoms with van der Waals surface area (Å²) in [6.45, 7) is 2.76. The Kier molecular flexibility index (Phi) is 20.6. The van der Waals surface area contributed by atoms with Crippen molar-refractivity contribution in [1.29, 1.82) is 0 Å². The smallest absolute Gasteiger partial charge is 1.00 e. The van der Waals surface area contributed by atoms with E-state index in [2.05, 4.69) is 0 Å². The average Bonchev–Trinajstić information content (AvgIpc) is 2.16. The summed E-state index contributed by atoms with van der Waals surface area (Å²) in [4.78, 5) is 0. The molecule has 0 rings (SSSR count). The van der Waals surface area contributed by atoms with Crippen molar-refractivity contribution in [2.24, 2.45) is 0 Å². The SMILES string of the molecule is OCCOCCOCCOCCO.[Ca+2].[H-].[H-]. The van der Waals surface area contributed by atoms with Crippen molar-refractivity contribution in [3.8, 4) is 0 Å². The molecule has 0 aliphatic rings. The molecule has 0 bridgehead atoms. The van der Waals surface area contributed by atoms with Crippen LogP contribution in [0.1, 0.15) is 2.85 Å². The molecule has 0 spiro atoms. The molecular weight excluding hydrogens is 216 g/mol. The third kappa shape index (κ3) is 15.5. The predicted octanol–water partition coefficient (Wildman–Crippen LogP) is -1.13. The molecule has 0 fully saturated rings. The van der Waals surface area contributed by atoms with Gasteiger partial charge in [-0.15, -0.1) is 0 Å². The van der Waals surface area contributed by atoms with Crippen molar-refractivity contribution < 1.29 is 27.3 Å². The molecule has 0 atom stereocenters. The van der Waals surface area contributed by atoms with Gasteiger partial charge in [0, 0.05) is 0 Å². The molecule has 0 amide bonds. The fourth-order valence-electron chi connectivity index (χ4n) is 0.671. The van der Waals surface area contributed by atoms with Gasteiger partial charge >= 0.3 is 37.7 Å². The molecule has 6 heteroatoms.